The van der Waals surface area contributed by atoms with Crippen LogP contribution in [0, 0.1) is 6.92 Å². The summed E-state index contributed by atoms with van der Waals surface area (Å²) in [5.41, 5.74) is 7.69. The van der Waals surface area contributed by atoms with Crippen LogP contribution in [0.2, 0.25) is 5.15 Å². The number of nitrogens with zero attached hydrogens (tertiary/aromatic N) is 2. The van der Waals surface area contributed by atoms with Crippen molar-refractivity contribution in [2.75, 3.05) is 18.0 Å². The molecule has 2 unspecified atom stereocenters. The third-order valence-electron chi connectivity index (χ3n) is 3.23. The molecule has 1 saturated heterocycles. The van der Waals surface area contributed by atoms with E-state index in [0.717, 1.165) is 30.0 Å². The Morgan fingerprint density at radius 1 is 1.44 bits per heavy atom. The minimum Gasteiger partial charge on any atom is -0.372 e. The van der Waals surface area contributed by atoms with Crippen LogP contribution in [0.5, 0.6) is 0 Å². The number of morpholine rings is 1. The average molecular weight is 270 g/mol. The number of pyridine rings is 1. The molecule has 18 heavy (non-hydrogen) atoms. The van der Waals surface area contributed by atoms with E-state index in [1.165, 1.54) is 0 Å². The highest BCUT2D eigenvalue weighted by atomic mass is 35.5. The monoisotopic (exact) mass is 269 g/mol. The van der Waals surface area contributed by atoms with Gasteiger partial charge < -0.3 is 15.4 Å². The lowest BCUT2D eigenvalue weighted by atomic mass is 10.1. The van der Waals surface area contributed by atoms with E-state index in [0.29, 0.717) is 11.7 Å². The zero-order chi connectivity index (χ0) is 13.3. The Bertz CT molecular complexity index is 405. The molecule has 0 radical (unpaired) electrons. The first kappa shape index (κ1) is 13.6. The van der Waals surface area contributed by atoms with Crippen LogP contribution in [0.3, 0.4) is 0 Å². The van der Waals surface area contributed by atoms with Gasteiger partial charge >= 0.3 is 0 Å². The zero-order valence-corrected chi connectivity index (χ0v) is 11.9. The molecule has 2 atom stereocenters. The molecule has 0 amide bonds. The average Bonchev–Trinajstić information content (AvgIpc) is 2.27. The number of ether oxygens (including phenoxy) is 1. The smallest absolute Gasteiger partial charge is 0.136 e. The molecule has 1 aliphatic rings. The molecular weight excluding hydrogens is 250 g/mol. The van der Waals surface area contributed by atoms with Gasteiger partial charge in [0.2, 0.25) is 0 Å². The zero-order valence-electron chi connectivity index (χ0n) is 11.1. The largest absolute Gasteiger partial charge is 0.372 e. The van der Waals surface area contributed by atoms with Gasteiger partial charge in [-0.3, -0.25) is 0 Å². The Hall–Kier alpha value is -0.840. The summed E-state index contributed by atoms with van der Waals surface area (Å²) in [6.07, 6.45) is 0.424. The fraction of sp³-hybridized carbons (Fsp3) is 0.615. The van der Waals surface area contributed by atoms with Gasteiger partial charge in [0.1, 0.15) is 11.0 Å². The predicted octanol–water partition coefficient (Wildman–Crippen LogP) is 2.12. The highest BCUT2D eigenvalue weighted by Gasteiger charge is 2.24. The summed E-state index contributed by atoms with van der Waals surface area (Å²) in [5, 5.41) is 0.513. The van der Waals surface area contributed by atoms with Crippen LogP contribution in [0.4, 0.5) is 5.82 Å². The van der Waals surface area contributed by atoms with Crippen LogP contribution in [-0.2, 0) is 11.3 Å². The molecule has 5 heteroatoms. The first-order valence-electron chi connectivity index (χ1n) is 6.27. The van der Waals surface area contributed by atoms with Gasteiger partial charge in [-0.2, -0.15) is 0 Å². The molecule has 1 aliphatic heterocycles. The van der Waals surface area contributed by atoms with E-state index in [9.17, 15) is 0 Å². The van der Waals surface area contributed by atoms with E-state index in [2.05, 4.69) is 29.8 Å². The molecule has 1 aromatic heterocycles. The van der Waals surface area contributed by atoms with Crippen LogP contribution in [0.25, 0.3) is 0 Å². The summed E-state index contributed by atoms with van der Waals surface area (Å²) in [7, 11) is 0. The molecule has 0 saturated carbocycles. The topological polar surface area (TPSA) is 51.4 Å². The maximum atomic E-state index is 6.18. The van der Waals surface area contributed by atoms with E-state index in [1.807, 2.05) is 6.92 Å². The van der Waals surface area contributed by atoms with Gasteiger partial charge in [-0.25, -0.2) is 4.98 Å². The van der Waals surface area contributed by atoms with Gasteiger partial charge in [-0.15, -0.1) is 0 Å². The van der Waals surface area contributed by atoms with E-state index in [4.69, 9.17) is 22.1 Å². The van der Waals surface area contributed by atoms with Crippen molar-refractivity contribution in [2.24, 2.45) is 5.73 Å². The summed E-state index contributed by atoms with van der Waals surface area (Å²) in [5.74, 6) is 0.914. The van der Waals surface area contributed by atoms with Crippen molar-refractivity contribution >= 4 is 17.4 Å². The molecular formula is C13H20ClN3O. The van der Waals surface area contributed by atoms with Crippen molar-refractivity contribution < 1.29 is 4.74 Å². The molecule has 0 aliphatic carbocycles. The second-order valence-corrected chi connectivity index (χ2v) is 5.29. The molecule has 0 aromatic carbocycles. The lowest BCUT2D eigenvalue weighted by Gasteiger charge is -2.36. The predicted molar refractivity (Wildman–Crippen MR) is 74.1 cm³/mol. The van der Waals surface area contributed by atoms with E-state index >= 15 is 0 Å². The molecule has 1 fully saturated rings. The van der Waals surface area contributed by atoms with Gasteiger partial charge in [0.15, 0.2) is 0 Å². The highest BCUT2D eigenvalue weighted by Crippen LogP contribution is 2.25. The highest BCUT2D eigenvalue weighted by molar-refractivity contribution is 6.30. The Morgan fingerprint density at radius 3 is 2.56 bits per heavy atom. The van der Waals surface area contributed by atoms with E-state index in [1.54, 1.807) is 0 Å². The number of hydrogen-bond acceptors (Lipinski definition) is 4. The molecule has 2 N–H and O–H groups in total. The van der Waals surface area contributed by atoms with E-state index in [-0.39, 0.29) is 12.2 Å². The third kappa shape index (κ3) is 2.76. The van der Waals surface area contributed by atoms with Crippen molar-refractivity contribution in [1.82, 2.24) is 4.98 Å². The first-order chi connectivity index (χ1) is 8.51. The second-order valence-electron chi connectivity index (χ2n) is 4.93. The molecule has 1 aromatic rings. The molecule has 100 valence electrons. The van der Waals surface area contributed by atoms with Crippen molar-refractivity contribution in [3.63, 3.8) is 0 Å². The van der Waals surface area contributed by atoms with Gasteiger partial charge in [0, 0.05) is 25.2 Å². The van der Waals surface area contributed by atoms with Crippen molar-refractivity contribution in [2.45, 2.75) is 39.5 Å². The number of nitrogens with two attached hydrogens (primary N) is 1. The van der Waals surface area contributed by atoms with Crippen LogP contribution < -0.4 is 10.6 Å². The van der Waals surface area contributed by atoms with Crippen molar-refractivity contribution in [3.05, 3.63) is 22.3 Å². The molecule has 2 rings (SSSR count). The van der Waals surface area contributed by atoms with Crippen LogP contribution >= 0.6 is 11.6 Å². The molecule has 0 bridgehead atoms. The maximum Gasteiger partial charge on any atom is 0.136 e. The van der Waals surface area contributed by atoms with Gasteiger partial charge in [0.05, 0.1) is 12.2 Å². The number of rotatable bonds is 2. The maximum absolute atomic E-state index is 6.18. The van der Waals surface area contributed by atoms with Crippen LogP contribution in [0.15, 0.2) is 6.07 Å². The van der Waals surface area contributed by atoms with Crippen molar-refractivity contribution in [3.8, 4) is 0 Å². The SMILES string of the molecule is Cc1cc(N2CC(C)OC(C)C2)nc(Cl)c1CN. The Morgan fingerprint density at radius 2 is 2.06 bits per heavy atom. The number of aromatic nitrogens is 1. The van der Waals surface area contributed by atoms with Crippen LogP contribution in [-0.4, -0.2) is 30.3 Å². The summed E-state index contributed by atoms with van der Waals surface area (Å²) < 4.78 is 5.72. The Balaban J connectivity index is 2.28. The second kappa shape index (κ2) is 5.43. The minimum atomic E-state index is 0.212. The molecule has 2 heterocycles. The molecule has 4 nitrogen and oxygen atoms in total. The summed E-state index contributed by atoms with van der Waals surface area (Å²) >= 11 is 6.18. The minimum absolute atomic E-state index is 0.212. The summed E-state index contributed by atoms with van der Waals surface area (Å²) in [4.78, 5) is 6.67. The number of hydrogen-bond donors (Lipinski definition) is 1. The number of anilines is 1. The first-order valence-corrected chi connectivity index (χ1v) is 6.65. The van der Waals surface area contributed by atoms with Crippen molar-refractivity contribution in [1.29, 1.82) is 0 Å². The van der Waals surface area contributed by atoms with Gasteiger partial charge in [0.25, 0.3) is 0 Å². The lowest BCUT2D eigenvalue weighted by Crippen LogP contribution is -2.45. The Labute approximate surface area is 113 Å². The van der Waals surface area contributed by atoms with Crippen LogP contribution in [0.1, 0.15) is 25.0 Å². The quantitative estimate of drug-likeness (QED) is 0.836. The fourth-order valence-electron chi connectivity index (χ4n) is 2.42. The third-order valence-corrected chi connectivity index (χ3v) is 3.54. The van der Waals surface area contributed by atoms with Gasteiger partial charge in [-0.05, 0) is 32.4 Å². The number of halogens is 1. The summed E-state index contributed by atoms with van der Waals surface area (Å²) in [6, 6.07) is 2.05. The fourth-order valence-corrected chi connectivity index (χ4v) is 2.73. The Kier molecular flexibility index (Phi) is 4.10. The van der Waals surface area contributed by atoms with Gasteiger partial charge in [-0.1, -0.05) is 11.6 Å². The lowest BCUT2D eigenvalue weighted by molar-refractivity contribution is -0.00546. The molecule has 0 spiro atoms. The number of aryl methyl sites for hydroxylation is 1. The van der Waals surface area contributed by atoms with E-state index < -0.39 is 0 Å². The standard InChI is InChI=1S/C13H20ClN3O/c1-8-4-12(16-13(14)11(8)5-15)17-6-9(2)18-10(3)7-17/h4,9-10H,5-7,15H2,1-3H3. The summed E-state index contributed by atoms with van der Waals surface area (Å²) in [6.45, 7) is 8.28. The normalized spacial score (nSPS) is 24.4.